The van der Waals surface area contributed by atoms with Crippen LogP contribution >= 0.6 is 11.6 Å². The maximum absolute atomic E-state index is 13.4. The van der Waals surface area contributed by atoms with Crippen LogP contribution in [0.1, 0.15) is 48.8 Å². The number of benzene rings is 2. The second-order valence-corrected chi connectivity index (χ2v) is 10.0. The van der Waals surface area contributed by atoms with Crippen molar-refractivity contribution < 1.29 is 13.2 Å². The highest BCUT2D eigenvalue weighted by Gasteiger charge is 2.43. The lowest BCUT2D eigenvalue weighted by Crippen LogP contribution is -2.57. The molecule has 1 aliphatic rings. The van der Waals surface area contributed by atoms with E-state index in [1.165, 1.54) is 24.3 Å². The Hall–Kier alpha value is -1.89. The van der Waals surface area contributed by atoms with E-state index in [1.807, 2.05) is 32.9 Å². The van der Waals surface area contributed by atoms with E-state index in [-0.39, 0.29) is 10.8 Å². The molecular formula is C22H27ClN2O3S. The number of halogens is 1. The minimum atomic E-state index is -3.87. The largest absolute Gasteiger partial charge is 0.324 e. The number of hydrogen-bond acceptors (Lipinski definition) is 3. The lowest BCUT2D eigenvalue weighted by Gasteiger charge is -2.36. The molecule has 2 aromatic carbocycles. The minimum absolute atomic E-state index is 0.0994. The van der Waals surface area contributed by atoms with Crippen LogP contribution in [0.25, 0.3) is 0 Å². The smallest absolute Gasteiger partial charge is 0.245 e. The highest BCUT2D eigenvalue weighted by molar-refractivity contribution is 7.89. The summed E-state index contributed by atoms with van der Waals surface area (Å²) in [6.45, 7) is 5.90. The molecule has 3 rings (SSSR count). The Morgan fingerprint density at radius 3 is 2.07 bits per heavy atom. The number of carbonyl (C=O) groups is 1. The molecule has 1 fully saturated rings. The number of nitrogens with one attached hydrogen (secondary N) is 2. The molecule has 0 unspecified atom stereocenters. The maximum atomic E-state index is 13.4. The molecular weight excluding hydrogens is 408 g/mol. The second-order valence-electron chi connectivity index (χ2n) is 7.93. The fourth-order valence-electron chi connectivity index (χ4n) is 4.07. The Balaban J connectivity index is 1.92. The van der Waals surface area contributed by atoms with Crippen molar-refractivity contribution in [2.75, 3.05) is 5.32 Å². The molecule has 156 valence electrons. The van der Waals surface area contributed by atoms with E-state index in [2.05, 4.69) is 10.0 Å². The van der Waals surface area contributed by atoms with Gasteiger partial charge in [-0.15, -0.1) is 0 Å². The van der Waals surface area contributed by atoms with Crippen molar-refractivity contribution in [3.05, 3.63) is 58.1 Å². The summed E-state index contributed by atoms with van der Waals surface area (Å²) in [6, 6.07) is 9.98. The Bertz CT molecular complexity index is 988. The third-order valence-corrected chi connectivity index (χ3v) is 7.32. The molecule has 0 spiro atoms. The van der Waals surface area contributed by atoms with Gasteiger partial charge in [0, 0.05) is 10.7 Å². The summed E-state index contributed by atoms with van der Waals surface area (Å²) in [4.78, 5) is 13.5. The standard InChI is InChI=1S/C22H27ClN2O3S/c1-15-13-16(2)20(17(3)14-15)24-21(26)22(11-5-4-6-12-22)25-29(27,28)19-9-7-18(23)8-10-19/h7-10,13-14,25H,4-6,11-12H2,1-3H3,(H,24,26). The van der Waals surface area contributed by atoms with Crippen LogP contribution in [0.3, 0.4) is 0 Å². The first-order chi connectivity index (χ1) is 13.6. The van der Waals surface area contributed by atoms with Gasteiger partial charge in [0.2, 0.25) is 15.9 Å². The van der Waals surface area contributed by atoms with Crippen LogP contribution < -0.4 is 10.0 Å². The van der Waals surface area contributed by atoms with Gasteiger partial charge in [-0.3, -0.25) is 4.79 Å². The molecule has 0 heterocycles. The van der Waals surface area contributed by atoms with Crippen LogP contribution in [0.2, 0.25) is 5.02 Å². The van der Waals surface area contributed by atoms with Crippen molar-refractivity contribution in [3.8, 4) is 0 Å². The van der Waals surface area contributed by atoms with Gasteiger partial charge in [-0.1, -0.05) is 48.6 Å². The second kappa shape index (κ2) is 8.46. The van der Waals surface area contributed by atoms with E-state index in [1.54, 1.807) is 0 Å². The van der Waals surface area contributed by atoms with Gasteiger partial charge in [-0.05, 0) is 69.0 Å². The quantitative estimate of drug-likeness (QED) is 0.703. The van der Waals surface area contributed by atoms with E-state index >= 15 is 0 Å². The fourth-order valence-corrected chi connectivity index (χ4v) is 5.62. The third-order valence-electron chi connectivity index (χ3n) is 5.51. The van der Waals surface area contributed by atoms with Gasteiger partial charge in [0.25, 0.3) is 0 Å². The summed E-state index contributed by atoms with van der Waals surface area (Å²) in [7, 11) is -3.87. The van der Waals surface area contributed by atoms with E-state index in [0.29, 0.717) is 17.9 Å². The van der Waals surface area contributed by atoms with Crippen molar-refractivity contribution >= 4 is 33.2 Å². The lowest BCUT2D eigenvalue weighted by atomic mass is 9.81. The van der Waals surface area contributed by atoms with Crippen LogP contribution in [0, 0.1) is 20.8 Å². The van der Waals surface area contributed by atoms with E-state index in [0.717, 1.165) is 41.6 Å². The third kappa shape index (κ3) is 4.82. The van der Waals surface area contributed by atoms with Crippen LogP contribution in [0.4, 0.5) is 5.69 Å². The molecule has 0 bridgehead atoms. The lowest BCUT2D eigenvalue weighted by molar-refractivity contribution is -0.122. The molecule has 1 aliphatic carbocycles. The first-order valence-electron chi connectivity index (χ1n) is 9.82. The monoisotopic (exact) mass is 434 g/mol. The Morgan fingerprint density at radius 2 is 1.52 bits per heavy atom. The molecule has 0 atom stereocenters. The van der Waals surface area contributed by atoms with Crippen molar-refractivity contribution in [1.82, 2.24) is 4.72 Å². The van der Waals surface area contributed by atoms with Crippen molar-refractivity contribution in [2.45, 2.75) is 63.3 Å². The number of sulfonamides is 1. The van der Waals surface area contributed by atoms with Crippen LogP contribution in [0.5, 0.6) is 0 Å². The molecule has 1 amide bonds. The van der Waals surface area contributed by atoms with E-state index in [9.17, 15) is 13.2 Å². The Morgan fingerprint density at radius 1 is 0.966 bits per heavy atom. The highest BCUT2D eigenvalue weighted by atomic mass is 35.5. The number of carbonyl (C=O) groups excluding carboxylic acids is 1. The summed E-state index contributed by atoms with van der Waals surface area (Å²) in [5.74, 6) is -0.301. The van der Waals surface area contributed by atoms with Crippen molar-refractivity contribution in [2.24, 2.45) is 0 Å². The number of amides is 1. The molecule has 0 saturated heterocycles. The zero-order valence-corrected chi connectivity index (χ0v) is 18.6. The molecule has 0 radical (unpaired) electrons. The number of anilines is 1. The molecule has 7 heteroatoms. The Labute approximate surface area is 177 Å². The predicted octanol–water partition coefficient (Wildman–Crippen LogP) is 4.89. The van der Waals surface area contributed by atoms with Gasteiger partial charge >= 0.3 is 0 Å². The molecule has 0 aromatic heterocycles. The van der Waals surface area contributed by atoms with Crippen LogP contribution in [-0.2, 0) is 14.8 Å². The van der Waals surface area contributed by atoms with Gasteiger partial charge < -0.3 is 5.32 Å². The highest BCUT2D eigenvalue weighted by Crippen LogP contribution is 2.32. The van der Waals surface area contributed by atoms with Crippen LogP contribution in [0.15, 0.2) is 41.3 Å². The molecule has 2 N–H and O–H groups in total. The van der Waals surface area contributed by atoms with E-state index < -0.39 is 15.6 Å². The average molecular weight is 435 g/mol. The van der Waals surface area contributed by atoms with Gasteiger partial charge in [-0.2, -0.15) is 4.72 Å². The summed E-state index contributed by atoms with van der Waals surface area (Å²) in [5.41, 5.74) is 2.62. The fraction of sp³-hybridized carbons (Fsp3) is 0.409. The predicted molar refractivity (Wildman–Crippen MR) is 117 cm³/mol. The minimum Gasteiger partial charge on any atom is -0.324 e. The van der Waals surface area contributed by atoms with Crippen molar-refractivity contribution in [1.29, 1.82) is 0 Å². The zero-order valence-electron chi connectivity index (χ0n) is 17.0. The summed E-state index contributed by atoms with van der Waals surface area (Å²) < 4.78 is 28.8. The number of rotatable bonds is 5. The molecule has 2 aromatic rings. The molecule has 29 heavy (non-hydrogen) atoms. The molecule has 1 saturated carbocycles. The average Bonchev–Trinajstić information content (AvgIpc) is 2.65. The van der Waals surface area contributed by atoms with Crippen LogP contribution in [-0.4, -0.2) is 19.9 Å². The van der Waals surface area contributed by atoms with E-state index in [4.69, 9.17) is 11.6 Å². The molecule has 0 aliphatic heterocycles. The SMILES string of the molecule is Cc1cc(C)c(NC(=O)C2(NS(=O)(=O)c3ccc(Cl)cc3)CCCCC2)c(C)c1. The first kappa shape index (κ1) is 21.8. The van der Waals surface area contributed by atoms with Gasteiger partial charge in [0.15, 0.2) is 0 Å². The summed E-state index contributed by atoms with van der Waals surface area (Å²) in [5, 5.41) is 3.47. The summed E-state index contributed by atoms with van der Waals surface area (Å²) in [6.07, 6.45) is 3.51. The normalized spacial score (nSPS) is 16.4. The topological polar surface area (TPSA) is 75.3 Å². The van der Waals surface area contributed by atoms with Gasteiger partial charge in [0.1, 0.15) is 5.54 Å². The zero-order chi connectivity index (χ0) is 21.2. The number of aryl methyl sites for hydroxylation is 3. The maximum Gasteiger partial charge on any atom is 0.245 e. The number of hydrogen-bond donors (Lipinski definition) is 2. The van der Waals surface area contributed by atoms with Gasteiger partial charge in [0.05, 0.1) is 4.90 Å². The first-order valence-corrected chi connectivity index (χ1v) is 11.7. The van der Waals surface area contributed by atoms with Crippen molar-refractivity contribution in [3.63, 3.8) is 0 Å². The van der Waals surface area contributed by atoms with Gasteiger partial charge in [-0.25, -0.2) is 8.42 Å². The Kier molecular flexibility index (Phi) is 6.36. The summed E-state index contributed by atoms with van der Waals surface area (Å²) >= 11 is 5.88. The molecule has 5 nitrogen and oxygen atoms in total.